The molecule has 5 nitrogen and oxygen atoms in total. The molecule has 0 saturated carbocycles. The number of carbonyl (C=O) groups excluding carboxylic acids is 1. The third-order valence-corrected chi connectivity index (χ3v) is 2.85. The predicted molar refractivity (Wildman–Crippen MR) is 50.6 cm³/mol. The summed E-state index contributed by atoms with van der Waals surface area (Å²) < 4.78 is 0. The molecule has 1 amide bonds. The number of aliphatic carboxylic acids is 1. The molecular weight excluding hydrogens is 184 g/mol. The van der Waals surface area contributed by atoms with Crippen LogP contribution in [0.5, 0.6) is 0 Å². The summed E-state index contributed by atoms with van der Waals surface area (Å²) in [5.41, 5.74) is 5.03. The van der Waals surface area contributed by atoms with Gasteiger partial charge in [0.15, 0.2) is 0 Å². The summed E-state index contributed by atoms with van der Waals surface area (Å²) in [6, 6.07) is 0.00634. The Kier molecular flexibility index (Phi) is 3.46. The zero-order chi connectivity index (χ0) is 10.7. The summed E-state index contributed by atoms with van der Waals surface area (Å²) >= 11 is 0. The second-order valence-corrected chi connectivity index (χ2v) is 3.73. The number of nitrogens with zero attached hydrogens (tertiary/aromatic N) is 1. The summed E-state index contributed by atoms with van der Waals surface area (Å²) in [6.07, 6.45) is 0.964. The lowest BCUT2D eigenvalue weighted by molar-refractivity contribution is -0.142. The van der Waals surface area contributed by atoms with Gasteiger partial charge in [-0.3, -0.25) is 14.5 Å². The Morgan fingerprint density at radius 2 is 2.21 bits per heavy atom. The summed E-state index contributed by atoms with van der Waals surface area (Å²) in [5, 5.41) is 8.86. The Balaban J connectivity index is 2.43. The number of nitrogens with two attached hydrogens (primary N) is 1. The molecule has 1 aliphatic rings. The predicted octanol–water partition coefficient (Wildman–Crippen LogP) is -0.343. The number of carbonyl (C=O) groups is 2. The van der Waals surface area contributed by atoms with E-state index in [0.717, 1.165) is 6.54 Å². The minimum absolute atomic E-state index is 0.00634. The smallest absolute Gasteiger partial charge is 0.308 e. The fraction of sp³-hybridized carbons (Fsp3) is 0.778. The van der Waals surface area contributed by atoms with Crippen molar-refractivity contribution in [2.45, 2.75) is 25.8 Å². The molecule has 5 heteroatoms. The number of hydrogen-bond donors (Lipinski definition) is 2. The summed E-state index contributed by atoms with van der Waals surface area (Å²) in [4.78, 5) is 23.3. The van der Waals surface area contributed by atoms with E-state index in [1.54, 1.807) is 0 Å². The van der Waals surface area contributed by atoms with Gasteiger partial charge >= 0.3 is 5.97 Å². The van der Waals surface area contributed by atoms with Gasteiger partial charge in [-0.2, -0.15) is 0 Å². The largest absolute Gasteiger partial charge is 0.481 e. The van der Waals surface area contributed by atoms with Crippen molar-refractivity contribution in [1.29, 1.82) is 0 Å². The van der Waals surface area contributed by atoms with E-state index in [1.165, 1.54) is 0 Å². The Labute approximate surface area is 82.9 Å². The number of carboxylic acid groups (broad SMARTS) is 1. The zero-order valence-corrected chi connectivity index (χ0v) is 8.27. The number of likely N-dealkylation sites (tertiary alicyclic amines) is 1. The van der Waals surface area contributed by atoms with Gasteiger partial charge in [0.05, 0.1) is 5.92 Å². The van der Waals surface area contributed by atoms with Crippen LogP contribution in [0.3, 0.4) is 0 Å². The molecule has 80 valence electrons. The highest BCUT2D eigenvalue weighted by atomic mass is 16.4. The number of hydrogen-bond acceptors (Lipinski definition) is 3. The van der Waals surface area contributed by atoms with Crippen LogP contribution in [-0.4, -0.2) is 41.0 Å². The average Bonchev–Trinajstić information content (AvgIpc) is 2.43. The maximum Gasteiger partial charge on any atom is 0.308 e. The highest BCUT2D eigenvalue weighted by molar-refractivity contribution is 5.74. The van der Waals surface area contributed by atoms with Crippen LogP contribution in [0.1, 0.15) is 19.8 Å². The standard InChI is InChI=1S/C9H16N2O3/c1-6-7(9(13)14)2-4-11(6)5-3-8(10)12/h6-7H,2-5H2,1H3,(H2,10,12)(H,13,14). The highest BCUT2D eigenvalue weighted by Gasteiger charge is 2.35. The molecule has 1 heterocycles. The molecule has 0 radical (unpaired) electrons. The van der Waals surface area contributed by atoms with Crippen LogP contribution in [0.25, 0.3) is 0 Å². The molecule has 2 unspecified atom stereocenters. The molecule has 0 spiro atoms. The SMILES string of the molecule is CC1C(C(=O)O)CCN1CCC(N)=O. The Morgan fingerprint density at radius 3 is 2.64 bits per heavy atom. The van der Waals surface area contributed by atoms with Crippen molar-refractivity contribution < 1.29 is 14.7 Å². The van der Waals surface area contributed by atoms with E-state index >= 15 is 0 Å². The topological polar surface area (TPSA) is 83.6 Å². The summed E-state index contributed by atoms with van der Waals surface area (Å²) in [5.74, 6) is -1.39. The average molecular weight is 200 g/mol. The van der Waals surface area contributed by atoms with Crippen molar-refractivity contribution in [1.82, 2.24) is 4.90 Å². The van der Waals surface area contributed by atoms with Crippen LogP contribution in [-0.2, 0) is 9.59 Å². The number of rotatable bonds is 4. The molecule has 1 saturated heterocycles. The number of carboxylic acids is 1. The second-order valence-electron chi connectivity index (χ2n) is 3.73. The van der Waals surface area contributed by atoms with Crippen LogP contribution >= 0.6 is 0 Å². The lowest BCUT2D eigenvalue weighted by Gasteiger charge is -2.21. The van der Waals surface area contributed by atoms with Crippen molar-refractivity contribution >= 4 is 11.9 Å². The second kappa shape index (κ2) is 4.41. The first-order chi connectivity index (χ1) is 6.52. The molecule has 1 rings (SSSR count). The monoisotopic (exact) mass is 200 g/mol. The Bertz CT molecular complexity index is 242. The first-order valence-corrected chi connectivity index (χ1v) is 4.77. The lowest BCUT2D eigenvalue weighted by Crippen LogP contribution is -2.35. The summed E-state index contributed by atoms with van der Waals surface area (Å²) in [7, 11) is 0. The minimum atomic E-state index is -0.751. The van der Waals surface area contributed by atoms with Crippen molar-refractivity contribution in [3.05, 3.63) is 0 Å². The maximum atomic E-state index is 10.8. The van der Waals surface area contributed by atoms with Gasteiger partial charge in [-0.1, -0.05) is 0 Å². The van der Waals surface area contributed by atoms with E-state index in [9.17, 15) is 9.59 Å². The molecule has 1 fully saturated rings. The maximum absolute atomic E-state index is 10.8. The molecule has 0 aromatic heterocycles. The van der Waals surface area contributed by atoms with Crippen LogP contribution in [0.2, 0.25) is 0 Å². The molecule has 0 aliphatic carbocycles. The van der Waals surface area contributed by atoms with Crippen molar-refractivity contribution in [3.63, 3.8) is 0 Å². The van der Waals surface area contributed by atoms with Crippen molar-refractivity contribution in [2.24, 2.45) is 11.7 Å². The van der Waals surface area contributed by atoms with Crippen LogP contribution in [0.15, 0.2) is 0 Å². The van der Waals surface area contributed by atoms with Gasteiger partial charge in [-0.15, -0.1) is 0 Å². The van der Waals surface area contributed by atoms with Crippen molar-refractivity contribution in [3.8, 4) is 0 Å². The molecule has 0 aromatic rings. The summed E-state index contributed by atoms with van der Waals surface area (Å²) in [6.45, 7) is 3.19. The van der Waals surface area contributed by atoms with Gasteiger partial charge < -0.3 is 10.8 Å². The normalized spacial score (nSPS) is 27.8. The Hall–Kier alpha value is -1.10. The van der Waals surface area contributed by atoms with E-state index in [2.05, 4.69) is 0 Å². The molecule has 0 bridgehead atoms. The van der Waals surface area contributed by atoms with E-state index < -0.39 is 5.97 Å². The fourth-order valence-electron chi connectivity index (χ4n) is 1.90. The Morgan fingerprint density at radius 1 is 1.57 bits per heavy atom. The third-order valence-electron chi connectivity index (χ3n) is 2.85. The van der Waals surface area contributed by atoms with E-state index in [-0.39, 0.29) is 17.9 Å². The zero-order valence-electron chi connectivity index (χ0n) is 8.27. The molecule has 14 heavy (non-hydrogen) atoms. The molecule has 3 N–H and O–H groups in total. The van der Waals surface area contributed by atoms with Gasteiger partial charge in [-0.25, -0.2) is 0 Å². The quantitative estimate of drug-likeness (QED) is 0.650. The lowest BCUT2D eigenvalue weighted by atomic mass is 10.0. The molecular formula is C9H16N2O3. The van der Waals surface area contributed by atoms with Gasteiger partial charge in [0.25, 0.3) is 0 Å². The fourth-order valence-corrected chi connectivity index (χ4v) is 1.90. The van der Waals surface area contributed by atoms with Gasteiger partial charge in [0, 0.05) is 19.0 Å². The molecule has 0 aromatic carbocycles. The first kappa shape index (κ1) is 11.0. The van der Waals surface area contributed by atoms with Crippen LogP contribution < -0.4 is 5.73 Å². The van der Waals surface area contributed by atoms with Crippen LogP contribution in [0, 0.1) is 5.92 Å². The third kappa shape index (κ3) is 2.45. The molecule has 2 atom stereocenters. The number of primary amides is 1. The molecule has 1 aliphatic heterocycles. The highest BCUT2D eigenvalue weighted by Crippen LogP contribution is 2.23. The van der Waals surface area contributed by atoms with E-state index in [4.69, 9.17) is 10.8 Å². The first-order valence-electron chi connectivity index (χ1n) is 4.77. The minimum Gasteiger partial charge on any atom is -0.481 e. The van der Waals surface area contributed by atoms with Gasteiger partial charge in [0.1, 0.15) is 0 Å². The van der Waals surface area contributed by atoms with Crippen LogP contribution in [0.4, 0.5) is 0 Å². The van der Waals surface area contributed by atoms with Gasteiger partial charge in [0.2, 0.25) is 5.91 Å². The van der Waals surface area contributed by atoms with E-state index in [0.29, 0.717) is 19.4 Å². The van der Waals surface area contributed by atoms with Gasteiger partial charge in [-0.05, 0) is 19.9 Å². The number of amides is 1. The van der Waals surface area contributed by atoms with E-state index in [1.807, 2.05) is 11.8 Å². The van der Waals surface area contributed by atoms with Crippen molar-refractivity contribution in [2.75, 3.05) is 13.1 Å².